The van der Waals surface area contributed by atoms with Crippen molar-refractivity contribution >= 4 is 17.5 Å². The highest BCUT2D eigenvalue weighted by molar-refractivity contribution is 6.34. The monoisotopic (exact) mass is 335 g/mol. The highest BCUT2D eigenvalue weighted by atomic mass is 35.5. The number of rotatable bonds is 4. The number of aliphatic hydroxyl groups is 1. The van der Waals surface area contributed by atoms with Gasteiger partial charge in [0.05, 0.1) is 16.3 Å². The maximum atomic E-state index is 12.5. The summed E-state index contributed by atoms with van der Waals surface area (Å²) in [6.07, 6.45) is 5.44. The first-order chi connectivity index (χ1) is 11.2. The lowest BCUT2D eigenvalue weighted by Gasteiger charge is -2.31. The first-order valence-corrected chi connectivity index (χ1v) is 8.01. The number of hydrogen-bond donors (Lipinski definition) is 2. The van der Waals surface area contributed by atoms with Gasteiger partial charge in [-0.25, -0.2) is 4.68 Å². The molecule has 1 fully saturated rings. The van der Waals surface area contributed by atoms with Crippen molar-refractivity contribution in [3.8, 4) is 5.69 Å². The van der Waals surface area contributed by atoms with Crippen molar-refractivity contribution in [1.29, 1.82) is 0 Å². The van der Waals surface area contributed by atoms with Gasteiger partial charge in [-0.15, -0.1) is 5.10 Å². The zero-order chi connectivity index (χ0) is 16.2. The van der Waals surface area contributed by atoms with Gasteiger partial charge in [0, 0.05) is 18.6 Å². The summed E-state index contributed by atoms with van der Waals surface area (Å²) in [5.74, 6) is -0.101. The molecule has 1 aromatic heterocycles. The van der Waals surface area contributed by atoms with E-state index in [-0.39, 0.29) is 24.5 Å². The van der Waals surface area contributed by atoms with Gasteiger partial charge in [0.2, 0.25) is 0 Å². The molecule has 23 heavy (non-hydrogen) atoms. The minimum absolute atomic E-state index is 0.00323. The third kappa shape index (κ3) is 3.51. The van der Waals surface area contributed by atoms with Gasteiger partial charge in [0.25, 0.3) is 5.91 Å². The Balaban J connectivity index is 1.74. The number of halogens is 1. The Morgan fingerprint density at radius 1 is 1.39 bits per heavy atom. The molecule has 1 heterocycles. The second kappa shape index (κ2) is 7.06. The number of tetrazole rings is 1. The third-order valence-electron chi connectivity index (χ3n) is 4.27. The fourth-order valence-corrected chi connectivity index (χ4v) is 3.23. The van der Waals surface area contributed by atoms with Crippen LogP contribution in [0.2, 0.25) is 5.02 Å². The minimum atomic E-state index is -0.219. The highest BCUT2D eigenvalue weighted by Gasteiger charge is 2.26. The van der Waals surface area contributed by atoms with Crippen LogP contribution in [-0.2, 0) is 0 Å². The van der Waals surface area contributed by atoms with Crippen molar-refractivity contribution in [3.05, 3.63) is 35.1 Å². The molecule has 2 atom stereocenters. The maximum Gasteiger partial charge on any atom is 0.253 e. The van der Waals surface area contributed by atoms with Gasteiger partial charge in [0.15, 0.2) is 0 Å². The Labute approximate surface area is 138 Å². The Kier molecular flexibility index (Phi) is 4.88. The van der Waals surface area contributed by atoms with E-state index in [4.69, 9.17) is 11.6 Å². The van der Waals surface area contributed by atoms with Crippen LogP contribution in [0.5, 0.6) is 0 Å². The predicted octanol–water partition coefficient (Wildman–Crippen LogP) is 1.60. The number of aliphatic hydroxyl groups excluding tert-OH is 1. The standard InChI is InChI=1S/C15H18ClN5O2/c16-13-7-11(21-9-17-19-20-21)5-6-12(13)15(23)18-14-4-2-1-3-10(14)8-22/h5-7,9-10,14,22H,1-4,8H2,(H,18,23). The molecule has 1 amide bonds. The van der Waals surface area contributed by atoms with Crippen molar-refractivity contribution in [1.82, 2.24) is 25.5 Å². The predicted molar refractivity (Wildman–Crippen MR) is 84.5 cm³/mol. The van der Waals surface area contributed by atoms with Crippen LogP contribution in [0, 0.1) is 5.92 Å². The van der Waals surface area contributed by atoms with Gasteiger partial charge in [-0.2, -0.15) is 0 Å². The molecule has 3 rings (SSSR count). The second-order valence-electron chi connectivity index (χ2n) is 5.73. The van der Waals surface area contributed by atoms with Crippen LogP contribution < -0.4 is 5.32 Å². The summed E-state index contributed by atoms with van der Waals surface area (Å²) < 4.78 is 1.47. The first-order valence-electron chi connectivity index (χ1n) is 7.63. The van der Waals surface area contributed by atoms with Gasteiger partial charge in [0.1, 0.15) is 6.33 Å². The number of nitrogens with one attached hydrogen (secondary N) is 1. The third-order valence-corrected chi connectivity index (χ3v) is 4.58. The van der Waals surface area contributed by atoms with E-state index in [0.29, 0.717) is 16.3 Å². The van der Waals surface area contributed by atoms with E-state index in [0.717, 1.165) is 25.7 Å². The van der Waals surface area contributed by atoms with E-state index in [1.54, 1.807) is 18.2 Å². The fourth-order valence-electron chi connectivity index (χ4n) is 2.97. The molecule has 122 valence electrons. The Morgan fingerprint density at radius 2 is 2.22 bits per heavy atom. The van der Waals surface area contributed by atoms with Gasteiger partial charge in [-0.05, 0) is 41.5 Å². The van der Waals surface area contributed by atoms with Crippen molar-refractivity contribution in [3.63, 3.8) is 0 Å². The van der Waals surface area contributed by atoms with Crippen LogP contribution in [0.15, 0.2) is 24.5 Å². The highest BCUT2D eigenvalue weighted by Crippen LogP contribution is 2.25. The summed E-state index contributed by atoms with van der Waals surface area (Å²) in [5.41, 5.74) is 1.09. The molecule has 0 aliphatic heterocycles. The Bertz CT molecular complexity index is 677. The number of aromatic nitrogens is 4. The largest absolute Gasteiger partial charge is 0.396 e. The molecule has 0 saturated heterocycles. The normalized spacial score (nSPS) is 21.1. The molecule has 1 aromatic carbocycles. The molecule has 1 aliphatic carbocycles. The number of hydrogen-bond acceptors (Lipinski definition) is 5. The molecule has 7 nitrogen and oxygen atoms in total. The number of amides is 1. The van der Waals surface area contributed by atoms with Crippen molar-refractivity contribution < 1.29 is 9.90 Å². The molecule has 1 saturated carbocycles. The average molecular weight is 336 g/mol. The molecule has 0 bridgehead atoms. The van der Waals surface area contributed by atoms with Gasteiger partial charge in [-0.1, -0.05) is 24.4 Å². The SMILES string of the molecule is O=C(NC1CCCCC1CO)c1ccc(-n2cnnn2)cc1Cl. The van der Waals surface area contributed by atoms with E-state index >= 15 is 0 Å². The van der Waals surface area contributed by atoms with E-state index in [2.05, 4.69) is 20.8 Å². The fraction of sp³-hybridized carbons (Fsp3) is 0.467. The lowest BCUT2D eigenvalue weighted by atomic mass is 9.85. The molecule has 0 spiro atoms. The van der Waals surface area contributed by atoms with Crippen LogP contribution in [0.1, 0.15) is 36.0 Å². The van der Waals surface area contributed by atoms with Crippen molar-refractivity contribution in [2.75, 3.05) is 6.61 Å². The summed E-state index contributed by atoms with van der Waals surface area (Å²) >= 11 is 6.24. The quantitative estimate of drug-likeness (QED) is 0.885. The van der Waals surface area contributed by atoms with Gasteiger partial charge in [-0.3, -0.25) is 4.79 Å². The average Bonchev–Trinajstić information content (AvgIpc) is 3.09. The zero-order valence-corrected chi connectivity index (χ0v) is 13.3. The molecular formula is C15H18ClN5O2. The second-order valence-corrected chi connectivity index (χ2v) is 6.13. The Hall–Kier alpha value is -1.99. The van der Waals surface area contributed by atoms with Gasteiger partial charge >= 0.3 is 0 Å². The van der Waals surface area contributed by atoms with Crippen LogP contribution in [0.25, 0.3) is 5.69 Å². The number of nitrogens with zero attached hydrogens (tertiary/aromatic N) is 4. The zero-order valence-electron chi connectivity index (χ0n) is 12.5. The van der Waals surface area contributed by atoms with Crippen LogP contribution >= 0.6 is 11.6 Å². The minimum Gasteiger partial charge on any atom is -0.396 e. The lowest BCUT2D eigenvalue weighted by Crippen LogP contribution is -2.43. The van der Waals surface area contributed by atoms with E-state index in [1.165, 1.54) is 11.0 Å². The van der Waals surface area contributed by atoms with Crippen LogP contribution in [-0.4, -0.2) is 43.9 Å². The van der Waals surface area contributed by atoms with E-state index in [1.807, 2.05) is 0 Å². The summed E-state index contributed by atoms with van der Waals surface area (Å²) in [6.45, 7) is 0.0942. The molecule has 2 N–H and O–H groups in total. The van der Waals surface area contributed by atoms with E-state index in [9.17, 15) is 9.90 Å². The van der Waals surface area contributed by atoms with Crippen molar-refractivity contribution in [2.45, 2.75) is 31.7 Å². The molecule has 2 unspecified atom stereocenters. The van der Waals surface area contributed by atoms with E-state index < -0.39 is 0 Å². The van der Waals surface area contributed by atoms with Crippen LogP contribution in [0.3, 0.4) is 0 Å². The molecule has 2 aromatic rings. The number of carbonyl (C=O) groups excluding carboxylic acids is 1. The summed E-state index contributed by atoms with van der Waals surface area (Å²) in [4.78, 5) is 12.5. The molecule has 1 aliphatic rings. The van der Waals surface area contributed by atoms with Crippen molar-refractivity contribution in [2.24, 2.45) is 5.92 Å². The summed E-state index contributed by atoms with van der Waals surface area (Å²) in [5, 5.41) is 23.7. The lowest BCUT2D eigenvalue weighted by molar-refractivity contribution is 0.0873. The number of carbonyl (C=O) groups is 1. The maximum absolute atomic E-state index is 12.5. The molecule has 8 heteroatoms. The smallest absolute Gasteiger partial charge is 0.253 e. The summed E-state index contributed by atoms with van der Waals surface area (Å²) in [6, 6.07) is 5.04. The topological polar surface area (TPSA) is 92.9 Å². The van der Waals surface area contributed by atoms with Gasteiger partial charge < -0.3 is 10.4 Å². The first kappa shape index (κ1) is 15.9. The van der Waals surface area contributed by atoms with Crippen LogP contribution in [0.4, 0.5) is 0 Å². The molecule has 0 radical (unpaired) electrons. The Morgan fingerprint density at radius 3 is 2.91 bits per heavy atom. The number of benzene rings is 1. The molecular weight excluding hydrogens is 318 g/mol. The summed E-state index contributed by atoms with van der Waals surface area (Å²) in [7, 11) is 0.